The van der Waals surface area contributed by atoms with Crippen molar-refractivity contribution in [2.24, 2.45) is 5.16 Å². The molecule has 7 heteroatoms. The van der Waals surface area contributed by atoms with E-state index in [9.17, 15) is 15.1 Å². The zero-order valence-corrected chi connectivity index (χ0v) is 18.9. The monoisotopic (exact) mass is 427 g/mol. The molecule has 4 N–H and O–H groups in total. The Hall–Kier alpha value is -3.22. The molecule has 0 aliphatic heterocycles. The summed E-state index contributed by atoms with van der Waals surface area (Å²) in [5.74, 6) is -1.48. The summed E-state index contributed by atoms with van der Waals surface area (Å²) in [5, 5.41) is 35.1. The van der Waals surface area contributed by atoms with Crippen molar-refractivity contribution in [3.05, 3.63) is 53.1 Å². The zero-order chi connectivity index (χ0) is 23.2. The van der Waals surface area contributed by atoms with Crippen LogP contribution in [0.3, 0.4) is 0 Å². The van der Waals surface area contributed by atoms with Crippen LogP contribution in [-0.2, 0) is 5.41 Å². The number of nitrogens with one attached hydrogen (secondary N) is 1. The highest BCUT2D eigenvalue weighted by atomic mass is 16.4. The number of aromatic hydroxyl groups is 1. The first-order valence-electron chi connectivity index (χ1n) is 10.5. The molecular weight excluding hydrogens is 394 g/mol. The van der Waals surface area contributed by atoms with Crippen molar-refractivity contribution in [3.63, 3.8) is 0 Å². The van der Waals surface area contributed by atoms with Crippen molar-refractivity contribution in [1.82, 2.24) is 0 Å². The van der Waals surface area contributed by atoms with E-state index >= 15 is 0 Å². The van der Waals surface area contributed by atoms with Gasteiger partial charge in [-0.2, -0.15) is 0 Å². The second-order valence-corrected chi connectivity index (χ2v) is 8.41. The first-order valence-corrected chi connectivity index (χ1v) is 10.5. The summed E-state index contributed by atoms with van der Waals surface area (Å²) in [4.78, 5) is 13.3. The average Bonchev–Trinajstić information content (AvgIpc) is 2.71. The summed E-state index contributed by atoms with van der Waals surface area (Å²) in [7, 11) is 0. The fourth-order valence-electron chi connectivity index (χ4n) is 3.56. The predicted molar refractivity (Wildman–Crippen MR) is 125 cm³/mol. The Kier molecular flexibility index (Phi) is 7.91. The Morgan fingerprint density at radius 1 is 1.10 bits per heavy atom. The quantitative estimate of drug-likeness (QED) is 0.257. The lowest BCUT2D eigenvalue weighted by Gasteiger charge is -2.30. The normalized spacial score (nSPS) is 12.0. The molecule has 0 radical (unpaired) electrons. The van der Waals surface area contributed by atoms with E-state index in [-0.39, 0.29) is 16.7 Å². The summed E-state index contributed by atoms with van der Waals surface area (Å²) >= 11 is 0. The zero-order valence-electron chi connectivity index (χ0n) is 18.9. The Bertz CT molecular complexity index is 944. The second kappa shape index (κ2) is 10.2. The summed E-state index contributed by atoms with van der Waals surface area (Å²) < 4.78 is 0. The van der Waals surface area contributed by atoms with Crippen molar-refractivity contribution in [1.29, 1.82) is 0 Å². The number of aromatic carboxylic acids is 1. The summed E-state index contributed by atoms with van der Waals surface area (Å²) in [6.07, 6.45) is 0.451. The van der Waals surface area contributed by atoms with Gasteiger partial charge >= 0.3 is 5.97 Å². The van der Waals surface area contributed by atoms with Crippen LogP contribution in [0.15, 0.2) is 41.6 Å². The van der Waals surface area contributed by atoms with Crippen LogP contribution in [0.2, 0.25) is 0 Å². The van der Waals surface area contributed by atoms with Gasteiger partial charge in [-0.25, -0.2) is 4.79 Å². The first-order chi connectivity index (χ1) is 14.6. The lowest BCUT2D eigenvalue weighted by Crippen LogP contribution is -2.26. The maximum Gasteiger partial charge on any atom is 0.339 e. The molecule has 2 aromatic carbocycles. The van der Waals surface area contributed by atoms with Gasteiger partial charge in [-0.1, -0.05) is 32.0 Å². The molecule has 2 rings (SSSR count). The largest absolute Gasteiger partial charge is 0.507 e. The number of benzene rings is 2. The standard InChI is InChI=1S/C24H33N3O4/c1-6-27(7-2)21-11-8-16(14-19(21)24(3,4)5)20(26-31)12-13-25-17-9-10-18(23(29)30)22(28)15-17/h8-11,14-15,25,28,31H,6-7,12-13H2,1-5H3,(H,29,30). The van der Waals surface area contributed by atoms with Crippen LogP contribution in [-0.4, -0.2) is 46.7 Å². The van der Waals surface area contributed by atoms with Crippen LogP contribution in [0, 0.1) is 0 Å². The number of anilines is 2. The highest BCUT2D eigenvalue weighted by Gasteiger charge is 2.22. The van der Waals surface area contributed by atoms with E-state index in [0.717, 1.165) is 18.7 Å². The van der Waals surface area contributed by atoms with E-state index in [1.807, 2.05) is 6.07 Å². The number of rotatable bonds is 9. The predicted octanol–water partition coefficient (Wildman–Crippen LogP) is 4.91. The minimum Gasteiger partial charge on any atom is -0.507 e. The minimum atomic E-state index is -1.18. The fourth-order valence-corrected chi connectivity index (χ4v) is 3.56. The van der Waals surface area contributed by atoms with Gasteiger partial charge in [0.2, 0.25) is 0 Å². The van der Waals surface area contributed by atoms with E-state index in [1.54, 1.807) is 6.07 Å². The van der Waals surface area contributed by atoms with Gasteiger partial charge in [-0.3, -0.25) is 0 Å². The minimum absolute atomic E-state index is 0.0733. The number of carboxylic acid groups (broad SMARTS) is 1. The molecule has 0 amide bonds. The van der Waals surface area contributed by atoms with Gasteiger partial charge in [-0.15, -0.1) is 0 Å². The molecule has 0 heterocycles. The lowest BCUT2D eigenvalue weighted by atomic mass is 9.83. The van der Waals surface area contributed by atoms with E-state index in [2.05, 4.69) is 62.1 Å². The maximum absolute atomic E-state index is 11.0. The van der Waals surface area contributed by atoms with Gasteiger partial charge in [0.25, 0.3) is 0 Å². The van der Waals surface area contributed by atoms with Gasteiger partial charge in [0.1, 0.15) is 11.3 Å². The van der Waals surface area contributed by atoms with E-state index < -0.39 is 5.97 Å². The molecular formula is C24H33N3O4. The Balaban J connectivity index is 2.19. The summed E-state index contributed by atoms with van der Waals surface area (Å²) in [6.45, 7) is 13.1. The molecule has 0 spiro atoms. The van der Waals surface area contributed by atoms with Gasteiger partial charge in [0.15, 0.2) is 0 Å². The average molecular weight is 428 g/mol. The van der Waals surface area contributed by atoms with Crippen LogP contribution >= 0.6 is 0 Å². The third-order valence-corrected chi connectivity index (χ3v) is 5.28. The molecule has 0 bridgehead atoms. The molecule has 168 valence electrons. The van der Waals surface area contributed by atoms with Crippen LogP contribution in [0.25, 0.3) is 0 Å². The van der Waals surface area contributed by atoms with Crippen LogP contribution in [0.1, 0.15) is 62.5 Å². The van der Waals surface area contributed by atoms with E-state index in [0.29, 0.717) is 24.4 Å². The van der Waals surface area contributed by atoms with Crippen molar-refractivity contribution in [2.75, 3.05) is 29.9 Å². The van der Waals surface area contributed by atoms with Crippen molar-refractivity contribution in [2.45, 2.75) is 46.5 Å². The van der Waals surface area contributed by atoms with E-state index in [1.165, 1.54) is 23.4 Å². The summed E-state index contributed by atoms with van der Waals surface area (Å²) in [5.41, 5.74) is 4.15. The van der Waals surface area contributed by atoms with Gasteiger partial charge < -0.3 is 25.6 Å². The molecule has 7 nitrogen and oxygen atoms in total. The number of nitrogens with zero attached hydrogens (tertiary/aromatic N) is 2. The smallest absolute Gasteiger partial charge is 0.339 e. The Morgan fingerprint density at radius 3 is 2.29 bits per heavy atom. The number of carboxylic acids is 1. The third kappa shape index (κ3) is 5.90. The van der Waals surface area contributed by atoms with Gasteiger partial charge in [0.05, 0.1) is 5.71 Å². The van der Waals surface area contributed by atoms with Crippen LogP contribution in [0.5, 0.6) is 5.75 Å². The Labute approximate surface area is 184 Å². The number of hydrogen-bond acceptors (Lipinski definition) is 6. The maximum atomic E-state index is 11.0. The van der Waals surface area contributed by atoms with Gasteiger partial charge in [0, 0.05) is 43.5 Å². The molecule has 0 fully saturated rings. The second-order valence-electron chi connectivity index (χ2n) is 8.41. The Morgan fingerprint density at radius 2 is 1.77 bits per heavy atom. The molecule has 2 aromatic rings. The van der Waals surface area contributed by atoms with Crippen molar-refractivity contribution < 1.29 is 20.2 Å². The van der Waals surface area contributed by atoms with E-state index in [4.69, 9.17) is 5.11 Å². The first kappa shape index (κ1) is 24.1. The number of phenols is 1. The molecule has 31 heavy (non-hydrogen) atoms. The highest BCUT2D eigenvalue weighted by molar-refractivity contribution is 6.01. The molecule has 0 atom stereocenters. The molecule has 0 aliphatic rings. The van der Waals surface area contributed by atoms with Crippen LogP contribution in [0.4, 0.5) is 11.4 Å². The molecule has 0 saturated carbocycles. The van der Waals surface area contributed by atoms with Crippen LogP contribution < -0.4 is 10.2 Å². The van der Waals surface area contributed by atoms with Gasteiger partial charge in [-0.05, 0) is 54.7 Å². The third-order valence-electron chi connectivity index (χ3n) is 5.28. The SMILES string of the molecule is CCN(CC)c1ccc(C(CCNc2ccc(C(=O)O)c(O)c2)=NO)cc1C(C)(C)C. The molecule has 0 aromatic heterocycles. The number of oxime groups is 1. The topological polar surface area (TPSA) is 105 Å². The summed E-state index contributed by atoms with van der Waals surface area (Å²) in [6, 6.07) is 10.5. The fraction of sp³-hybridized carbons (Fsp3) is 0.417. The van der Waals surface area contributed by atoms with Crippen molar-refractivity contribution >= 4 is 23.1 Å². The lowest BCUT2D eigenvalue weighted by molar-refractivity contribution is 0.0694. The number of carbonyl (C=O) groups is 1. The number of hydrogen-bond donors (Lipinski definition) is 4. The molecule has 0 aliphatic carbocycles. The molecule has 0 saturated heterocycles. The van der Waals surface area contributed by atoms with Crippen molar-refractivity contribution in [3.8, 4) is 5.75 Å². The highest BCUT2D eigenvalue weighted by Crippen LogP contribution is 2.33. The molecule has 0 unspecified atom stereocenters.